The van der Waals surface area contributed by atoms with Gasteiger partial charge in [0.25, 0.3) is 0 Å². The Morgan fingerprint density at radius 1 is 1.50 bits per heavy atom. The predicted molar refractivity (Wildman–Crippen MR) is 53.3 cm³/mol. The van der Waals surface area contributed by atoms with E-state index in [2.05, 4.69) is 31.2 Å². The molecule has 0 spiro atoms. The van der Waals surface area contributed by atoms with E-state index in [-0.39, 0.29) is 0 Å². The van der Waals surface area contributed by atoms with E-state index >= 15 is 0 Å². The van der Waals surface area contributed by atoms with Crippen molar-refractivity contribution in [3.63, 3.8) is 0 Å². The highest BCUT2D eigenvalue weighted by Crippen LogP contribution is 2.18. The third kappa shape index (κ3) is 2.17. The molecule has 0 saturated heterocycles. The summed E-state index contributed by atoms with van der Waals surface area (Å²) in [7, 11) is 0. The van der Waals surface area contributed by atoms with E-state index in [4.69, 9.17) is 0 Å². The van der Waals surface area contributed by atoms with Crippen LogP contribution in [0.5, 0.6) is 0 Å². The van der Waals surface area contributed by atoms with Gasteiger partial charge in [0.15, 0.2) is 0 Å². The van der Waals surface area contributed by atoms with Crippen molar-refractivity contribution in [3.8, 4) is 0 Å². The molecule has 1 N–H and O–H groups in total. The zero-order valence-electron chi connectivity index (χ0n) is 7.26. The minimum atomic E-state index is 0.867. The normalized spacial score (nSPS) is 9.92. The smallest absolute Gasteiger partial charge is 0.144 e. The Balaban J connectivity index is 2.91. The maximum Gasteiger partial charge on any atom is 0.144 e. The molecule has 1 aromatic heterocycles. The van der Waals surface area contributed by atoms with E-state index in [0.717, 1.165) is 29.1 Å². The van der Waals surface area contributed by atoms with E-state index < -0.39 is 0 Å². The van der Waals surface area contributed by atoms with Gasteiger partial charge in [-0.3, -0.25) is 0 Å². The van der Waals surface area contributed by atoms with Crippen molar-refractivity contribution in [1.29, 1.82) is 0 Å². The van der Waals surface area contributed by atoms with Crippen molar-refractivity contribution in [2.45, 2.75) is 20.3 Å². The van der Waals surface area contributed by atoms with Gasteiger partial charge in [-0.25, -0.2) is 9.97 Å². The summed E-state index contributed by atoms with van der Waals surface area (Å²) in [5, 5.41) is 3.15. The second kappa shape index (κ2) is 4.40. The summed E-state index contributed by atoms with van der Waals surface area (Å²) >= 11 is 3.37. The van der Waals surface area contributed by atoms with Gasteiger partial charge in [-0.1, -0.05) is 6.92 Å². The molecule has 12 heavy (non-hydrogen) atoms. The molecular formula is C8H12BrN3. The highest BCUT2D eigenvalue weighted by Gasteiger charge is 2.01. The number of hydrogen-bond donors (Lipinski definition) is 1. The second-order valence-electron chi connectivity index (χ2n) is 2.37. The van der Waals surface area contributed by atoms with E-state index in [1.54, 1.807) is 6.20 Å². The molecule has 66 valence electrons. The third-order valence-corrected chi connectivity index (χ3v) is 2.03. The van der Waals surface area contributed by atoms with E-state index in [1.165, 1.54) is 0 Å². The second-order valence-corrected chi connectivity index (χ2v) is 3.22. The molecule has 1 heterocycles. The minimum Gasteiger partial charge on any atom is -0.369 e. The lowest BCUT2D eigenvalue weighted by molar-refractivity contribution is 0.930. The fourth-order valence-electron chi connectivity index (χ4n) is 0.865. The maximum absolute atomic E-state index is 4.31. The Hall–Kier alpha value is -0.640. The summed E-state index contributed by atoms with van der Waals surface area (Å²) in [5.74, 6) is 1.75. The molecule has 0 aromatic carbocycles. The first-order valence-electron chi connectivity index (χ1n) is 4.03. The predicted octanol–water partition coefficient (Wildman–Crippen LogP) is 2.23. The lowest BCUT2D eigenvalue weighted by Crippen LogP contribution is -2.03. The van der Waals surface area contributed by atoms with Crippen molar-refractivity contribution >= 4 is 21.7 Å². The van der Waals surface area contributed by atoms with E-state index in [9.17, 15) is 0 Å². The number of aromatic nitrogens is 2. The molecule has 0 aliphatic carbocycles. The molecule has 3 nitrogen and oxygen atoms in total. The number of nitrogens with zero attached hydrogens (tertiary/aromatic N) is 2. The number of hydrogen-bond acceptors (Lipinski definition) is 3. The van der Waals surface area contributed by atoms with Gasteiger partial charge < -0.3 is 5.32 Å². The average Bonchev–Trinajstić information content (AvgIpc) is 2.09. The number of rotatable bonds is 3. The van der Waals surface area contributed by atoms with Gasteiger partial charge in [-0.05, 0) is 22.9 Å². The van der Waals surface area contributed by atoms with E-state index in [0.29, 0.717) is 0 Å². The zero-order valence-corrected chi connectivity index (χ0v) is 8.85. The number of nitrogens with one attached hydrogen (secondary N) is 1. The summed E-state index contributed by atoms with van der Waals surface area (Å²) in [6.07, 6.45) is 2.65. The van der Waals surface area contributed by atoms with Crippen LogP contribution in [0.2, 0.25) is 0 Å². The topological polar surface area (TPSA) is 37.8 Å². The van der Waals surface area contributed by atoms with E-state index in [1.807, 2.05) is 13.8 Å². The first kappa shape index (κ1) is 9.45. The number of aryl methyl sites for hydroxylation is 1. The Kier molecular flexibility index (Phi) is 3.47. The molecule has 1 aromatic rings. The summed E-state index contributed by atoms with van der Waals surface area (Å²) in [6.45, 7) is 4.96. The molecule has 0 bridgehead atoms. The molecule has 0 amide bonds. The van der Waals surface area contributed by atoms with Crippen LogP contribution in [0.25, 0.3) is 0 Å². The first-order chi connectivity index (χ1) is 5.77. The summed E-state index contributed by atoms with van der Waals surface area (Å²) in [4.78, 5) is 8.45. The lowest BCUT2D eigenvalue weighted by atomic mass is 10.4. The van der Waals surface area contributed by atoms with Crippen LogP contribution >= 0.6 is 15.9 Å². The Morgan fingerprint density at radius 3 is 2.83 bits per heavy atom. The Labute approximate surface area is 80.7 Å². The van der Waals surface area contributed by atoms with Crippen LogP contribution in [-0.2, 0) is 6.42 Å². The SMILES string of the molecule is CCNc1nc(CC)ncc1Br. The molecule has 0 aliphatic rings. The van der Waals surface area contributed by atoms with Crippen LogP contribution in [0.1, 0.15) is 19.7 Å². The monoisotopic (exact) mass is 229 g/mol. The molecular weight excluding hydrogens is 218 g/mol. The molecule has 0 unspecified atom stereocenters. The van der Waals surface area contributed by atoms with Crippen LogP contribution < -0.4 is 5.32 Å². The molecule has 4 heteroatoms. The quantitative estimate of drug-likeness (QED) is 0.865. The molecule has 0 saturated carbocycles. The molecule has 0 fully saturated rings. The summed E-state index contributed by atoms with van der Waals surface area (Å²) < 4.78 is 0.918. The fourth-order valence-corrected chi connectivity index (χ4v) is 1.20. The van der Waals surface area contributed by atoms with Crippen LogP contribution in [0.4, 0.5) is 5.82 Å². The highest BCUT2D eigenvalue weighted by atomic mass is 79.9. The Bertz CT molecular complexity index is 262. The number of anilines is 1. The average molecular weight is 230 g/mol. The van der Waals surface area contributed by atoms with Gasteiger partial charge in [-0.15, -0.1) is 0 Å². The molecule has 0 aliphatic heterocycles. The van der Waals surface area contributed by atoms with Crippen LogP contribution in [0, 0.1) is 0 Å². The van der Waals surface area contributed by atoms with Crippen LogP contribution in [0.15, 0.2) is 10.7 Å². The summed E-state index contributed by atoms with van der Waals surface area (Å²) in [5.41, 5.74) is 0. The first-order valence-corrected chi connectivity index (χ1v) is 4.82. The van der Waals surface area contributed by atoms with Crippen molar-refractivity contribution in [3.05, 3.63) is 16.5 Å². The van der Waals surface area contributed by atoms with Gasteiger partial charge in [0.1, 0.15) is 11.6 Å². The third-order valence-electron chi connectivity index (χ3n) is 1.45. The fraction of sp³-hybridized carbons (Fsp3) is 0.500. The van der Waals surface area contributed by atoms with Gasteiger partial charge in [-0.2, -0.15) is 0 Å². The van der Waals surface area contributed by atoms with Gasteiger partial charge in [0.05, 0.1) is 4.47 Å². The zero-order chi connectivity index (χ0) is 8.97. The molecule has 1 rings (SSSR count). The van der Waals surface area contributed by atoms with Gasteiger partial charge >= 0.3 is 0 Å². The maximum atomic E-state index is 4.31. The van der Waals surface area contributed by atoms with Crippen molar-refractivity contribution in [2.24, 2.45) is 0 Å². The van der Waals surface area contributed by atoms with Crippen molar-refractivity contribution < 1.29 is 0 Å². The van der Waals surface area contributed by atoms with Crippen molar-refractivity contribution in [1.82, 2.24) is 9.97 Å². The minimum absolute atomic E-state index is 0.867. The largest absolute Gasteiger partial charge is 0.369 e. The van der Waals surface area contributed by atoms with Crippen LogP contribution in [-0.4, -0.2) is 16.5 Å². The van der Waals surface area contributed by atoms with Gasteiger partial charge in [0.2, 0.25) is 0 Å². The standard InChI is InChI=1S/C8H12BrN3/c1-3-7-11-5-6(9)8(12-7)10-4-2/h5H,3-4H2,1-2H3,(H,10,11,12). The highest BCUT2D eigenvalue weighted by molar-refractivity contribution is 9.10. The molecule has 0 atom stereocenters. The number of halogens is 1. The van der Waals surface area contributed by atoms with Crippen molar-refractivity contribution in [2.75, 3.05) is 11.9 Å². The van der Waals surface area contributed by atoms with Crippen LogP contribution in [0.3, 0.4) is 0 Å². The molecule has 0 radical (unpaired) electrons. The lowest BCUT2D eigenvalue weighted by Gasteiger charge is -2.05. The Morgan fingerprint density at radius 2 is 2.25 bits per heavy atom. The summed E-state index contributed by atoms with van der Waals surface area (Å²) in [6, 6.07) is 0. The van der Waals surface area contributed by atoms with Gasteiger partial charge in [0, 0.05) is 19.2 Å².